The predicted octanol–water partition coefficient (Wildman–Crippen LogP) is 4.49. The number of hydrogen-bond acceptors (Lipinski definition) is 4. The quantitative estimate of drug-likeness (QED) is 0.560. The Morgan fingerprint density at radius 3 is 2.53 bits per heavy atom. The van der Waals surface area contributed by atoms with Gasteiger partial charge in [-0.3, -0.25) is 14.3 Å². The normalized spacial score (nSPS) is 15.3. The zero-order valence-corrected chi connectivity index (χ0v) is 21.4. The van der Waals surface area contributed by atoms with E-state index in [9.17, 15) is 9.59 Å². The average Bonchev–Trinajstić information content (AvgIpc) is 3.18. The lowest BCUT2D eigenvalue weighted by Gasteiger charge is -2.36. The van der Waals surface area contributed by atoms with E-state index in [-0.39, 0.29) is 22.9 Å². The molecule has 3 aromatic rings. The molecule has 182 valence electrons. The van der Waals surface area contributed by atoms with E-state index < -0.39 is 0 Å². The Morgan fingerprint density at radius 2 is 1.88 bits per heavy atom. The highest BCUT2D eigenvalue weighted by atomic mass is 35.5. The molecule has 0 unspecified atom stereocenters. The van der Waals surface area contributed by atoms with Gasteiger partial charge in [0.2, 0.25) is 5.91 Å². The fraction of sp³-hybridized carbons (Fsp3) is 0.500. The molecule has 34 heavy (non-hydrogen) atoms. The molecule has 1 aliphatic rings. The summed E-state index contributed by atoms with van der Waals surface area (Å²) in [4.78, 5) is 29.8. The molecule has 2 N–H and O–H groups in total. The van der Waals surface area contributed by atoms with Gasteiger partial charge < -0.3 is 15.2 Å². The fourth-order valence-corrected chi connectivity index (χ4v) is 5.06. The maximum Gasteiger partial charge on any atom is 0.252 e. The highest BCUT2D eigenvalue weighted by Crippen LogP contribution is 2.31. The zero-order valence-electron chi connectivity index (χ0n) is 20.7. The van der Waals surface area contributed by atoms with Gasteiger partial charge in [0, 0.05) is 53.3 Å². The van der Waals surface area contributed by atoms with Crippen molar-refractivity contribution in [2.75, 3.05) is 13.1 Å². The number of piperidine rings is 1. The highest BCUT2D eigenvalue weighted by Gasteiger charge is 2.31. The smallest absolute Gasteiger partial charge is 0.252 e. The molecule has 1 aromatic carbocycles. The predicted molar refractivity (Wildman–Crippen MR) is 136 cm³/mol. The van der Waals surface area contributed by atoms with Crippen LogP contribution in [0.4, 0.5) is 0 Å². The van der Waals surface area contributed by atoms with E-state index >= 15 is 0 Å². The van der Waals surface area contributed by atoms with Crippen LogP contribution in [0.15, 0.2) is 29.2 Å². The van der Waals surface area contributed by atoms with E-state index in [0.717, 1.165) is 59.2 Å². The van der Waals surface area contributed by atoms with Crippen molar-refractivity contribution in [2.24, 2.45) is 5.41 Å². The maximum atomic E-state index is 12.6. The second-order valence-electron chi connectivity index (χ2n) is 10.4. The van der Waals surface area contributed by atoms with Crippen molar-refractivity contribution in [2.45, 2.75) is 66.6 Å². The topological polar surface area (TPSA) is 83.0 Å². The molecule has 1 fully saturated rings. The number of rotatable bonds is 5. The number of likely N-dealkylation sites (tertiary alicyclic amines) is 1. The molecule has 0 atom stereocenters. The first-order chi connectivity index (χ1) is 16.0. The largest absolute Gasteiger partial charge is 0.342 e. The number of carbonyl (C=O) groups is 1. The second kappa shape index (κ2) is 9.55. The number of aromatic amines is 1. The molecular formula is C26H34ClN5O2. The zero-order chi connectivity index (χ0) is 24.6. The van der Waals surface area contributed by atoms with Gasteiger partial charge >= 0.3 is 0 Å². The minimum absolute atomic E-state index is 0.0506. The molecule has 1 saturated heterocycles. The van der Waals surface area contributed by atoms with Gasteiger partial charge in [-0.05, 0) is 56.0 Å². The van der Waals surface area contributed by atoms with Crippen LogP contribution >= 0.6 is 11.6 Å². The van der Waals surface area contributed by atoms with Gasteiger partial charge in [-0.25, -0.2) is 0 Å². The van der Waals surface area contributed by atoms with Crippen LogP contribution in [0.25, 0.3) is 10.9 Å². The Kier molecular flexibility index (Phi) is 6.87. The van der Waals surface area contributed by atoms with Crippen LogP contribution in [0.2, 0.25) is 5.02 Å². The third-order valence-corrected chi connectivity index (χ3v) is 6.84. The van der Waals surface area contributed by atoms with Gasteiger partial charge in [-0.2, -0.15) is 5.10 Å². The molecule has 4 rings (SSSR count). The Hall–Kier alpha value is -2.64. The van der Waals surface area contributed by atoms with E-state index in [1.54, 1.807) is 0 Å². The van der Waals surface area contributed by atoms with Crippen LogP contribution in [0.5, 0.6) is 0 Å². The Bertz CT molecular complexity index is 1260. The number of nitrogens with one attached hydrogen (secondary N) is 2. The lowest BCUT2D eigenvalue weighted by Crippen LogP contribution is -2.44. The third-order valence-electron chi connectivity index (χ3n) is 6.62. The summed E-state index contributed by atoms with van der Waals surface area (Å²) in [6.45, 7) is 12.3. The Balaban J connectivity index is 1.49. The van der Waals surface area contributed by atoms with Crippen LogP contribution in [-0.2, 0) is 17.9 Å². The molecule has 1 amide bonds. The van der Waals surface area contributed by atoms with E-state index in [1.807, 2.05) is 63.9 Å². The molecule has 0 aliphatic carbocycles. The summed E-state index contributed by atoms with van der Waals surface area (Å²) in [7, 11) is 0. The van der Waals surface area contributed by atoms with Crippen LogP contribution in [0, 0.1) is 19.3 Å². The van der Waals surface area contributed by atoms with Crippen molar-refractivity contribution in [1.29, 1.82) is 0 Å². The molecule has 0 spiro atoms. The monoisotopic (exact) mass is 483 g/mol. The van der Waals surface area contributed by atoms with Crippen molar-refractivity contribution in [1.82, 2.24) is 25.0 Å². The van der Waals surface area contributed by atoms with Gasteiger partial charge in [0.25, 0.3) is 5.56 Å². The van der Waals surface area contributed by atoms with Gasteiger partial charge in [-0.1, -0.05) is 32.4 Å². The summed E-state index contributed by atoms with van der Waals surface area (Å²) in [6, 6.07) is 6.14. The summed E-state index contributed by atoms with van der Waals surface area (Å²) < 4.78 is 2.07. The summed E-state index contributed by atoms with van der Waals surface area (Å²) in [6.07, 6.45) is 3.64. The second-order valence-corrected chi connectivity index (χ2v) is 10.8. The van der Waals surface area contributed by atoms with Crippen molar-refractivity contribution >= 4 is 28.4 Å². The third kappa shape index (κ3) is 5.05. The standard InChI is InChI=1S/C26H34ClN5O2/c1-16-10-17(2)30-24(33)21(16)14-28-13-18-11-19(27)12-23-22(18)15-29-32(23)20-6-8-31(9-7-20)25(34)26(3,4)5/h10-12,15,20,28H,6-9,13-14H2,1-5H3,(H,30,33). The minimum atomic E-state index is -0.358. The van der Waals surface area contributed by atoms with Crippen LogP contribution < -0.4 is 10.9 Å². The summed E-state index contributed by atoms with van der Waals surface area (Å²) in [5.74, 6) is 0.204. The number of H-pyrrole nitrogens is 1. The fourth-order valence-electron chi connectivity index (χ4n) is 4.83. The summed E-state index contributed by atoms with van der Waals surface area (Å²) in [5, 5.41) is 9.83. The lowest BCUT2D eigenvalue weighted by molar-refractivity contribution is -0.140. The van der Waals surface area contributed by atoms with Gasteiger partial charge in [-0.15, -0.1) is 0 Å². The van der Waals surface area contributed by atoms with Gasteiger partial charge in [0.15, 0.2) is 0 Å². The Morgan fingerprint density at radius 1 is 1.18 bits per heavy atom. The van der Waals surface area contributed by atoms with Crippen LogP contribution in [0.3, 0.4) is 0 Å². The number of fused-ring (bicyclic) bond motifs is 1. The molecule has 0 radical (unpaired) electrons. The number of pyridine rings is 1. The number of aryl methyl sites for hydroxylation is 2. The van der Waals surface area contributed by atoms with E-state index in [0.29, 0.717) is 18.1 Å². The van der Waals surface area contributed by atoms with E-state index in [2.05, 4.69) is 15.0 Å². The van der Waals surface area contributed by atoms with Crippen molar-refractivity contribution < 1.29 is 4.79 Å². The molecule has 8 heteroatoms. The first-order valence-corrected chi connectivity index (χ1v) is 12.3. The molecule has 2 aromatic heterocycles. The average molecular weight is 484 g/mol. The molecular weight excluding hydrogens is 450 g/mol. The summed E-state index contributed by atoms with van der Waals surface area (Å²) >= 11 is 6.49. The SMILES string of the molecule is Cc1cc(C)c(CNCc2cc(Cl)cc3c2cnn3C2CCN(C(=O)C(C)(C)C)CC2)c(=O)[nH]1. The number of hydrogen-bond donors (Lipinski definition) is 2. The number of nitrogens with zero attached hydrogens (tertiary/aromatic N) is 3. The number of benzene rings is 1. The number of aromatic nitrogens is 3. The van der Waals surface area contributed by atoms with Gasteiger partial charge in [0.05, 0.1) is 17.8 Å². The molecule has 0 bridgehead atoms. The lowest BCUT2D eigenvalue weighted by atomic mass is 9.93. The van der Waals surface area contributed by atoms with E-state index in [4.69, 9.17) is 16.7 Å². The first-order valence-electron chi connectivity index (χ1n) is 11.9. The van der Waals surface area contributed by atoms with Crippen LogP contribution in [0.1, 0.15) is 62.0 Å². The maximum absolute atomic E-state index is 12.6. The van der Waals surface area contributed by atoms with Gasteiger partial charge in [0.1, 0.15) is 0 Å². The first kappa shape index (κ1) is 24.5. The summed E-state index contributed by atoms with van der Waals surface area (Å²) in [5.41, 5.74) is 4.24. The number of halogens is 1. The van der Waals surface area contributed by atoms with E-state index in [1.165, 1.54) is 0 Å². The number of amides is 1. The van der Waals surface area contributed by atoms with Crippen LogP contribution in [-0.4, -0.2) is 38.7 Å². The minimum Gasteiger partial charge on any atom is -0.342 e. The highest BCUT2D eigenvalue weighted by molar-refractivity contribution is 6.31. The van der Waals surface area contributed by atoms with Crippen molar-refractivity contribution in [3.8, 4) is 0 Å². The number of carbonyl (C=O) groups excluding carboxylic acids is 1. The molecule has 0 saturated carbocycles. The Labute approximate surface area is 205 Å². The molecule has 1 aliphatic heterocycles. The molecule has 3 heterocycles. The van der Waals surface area contributed by atoms with Crippen molar-refractivity contribution in [3.05, 3.63) is 62.2 Å². The van der Waals surface area contributed by atoms with Crippen molar-refractivity contribution in [3.63, 3.8) is 0 Å². The molecule has 7 nitrogen and oxygen atoms in total.